The average molecular weight is 330 g/mol. The topological polar surface area (TPSA) is 49.4 Å². The molecule has 1 aliphatic rings. The monoisotopic (exact) mass is 330 g/mol. The number of aryl methyl sites for hydroxylation is 1. The standard InChI is InChI=1S/C18H22N2O2S/c1-20-12-11-16-14-17(9-10-18(16)20)19-23(21,22)13-5-8-15-6-3-2-4-7-15/h2-4,6-7,9-10,14,19H,5,8,11-13H2,1H3. The number of nitrogens with one attached hydrogen (secondary N) is 1. The van der Waals surface area contributed by atoms with Gasteiger partial charge in [0.15, 0.2) is 0 Å². The van der Waals surface area contributed by atoms with E-state index < -0.39 is 10.0 Å². The lowest BCUT2D eigenvalue weighted by Gasteiger charge is -2.13. The second kappa shape index (κ2) is 6.62. The first-order chi connectivity index (χ1) is 11.0. The van der Waals surface area contributed by atoms with Gasteiger partial charge in [-0.3, -0.25) is 4.72 Å². The van der Waals surface area contributed by atoms with Gasteiger partial charge in [-0.05, 0) is 48.6 Å². The van der Waals surface area contributed by atoms with E-state index in [1.54, 1.807) is 0 Å². The number of sulfonamides is 1. The fourth-order valence-electron chi connectivity index (χ4n) is 2.97. The van der Waals surface area contributed by atoms with E-state index in [0.717, 1.165) is 19.4 Å². The fourth-order valence-corrected chi connectivity index (χ4v) is 4.08. The van der Waals surface area contributed by atoms with Gasteiger partial charge in [0.05, 0.1) is 5.75 Å². The molecule has 1 N–H and O–H groups in total. The summed E-state index contributed by atoms with van der Waals surface area (Å²) in [6, 6.07) is 15.8. The molecule has 0 aliphatic carbocycles. The minimum absolute atomic E-state index is 0.138. The summed E-state index contributed by atoms with van der Waals surface area (Å²) in [4.78, 5) is 2.19. The first-order valence-corrected chi connectivity index (χ1v) is 9.57. The van der Waals surface area contributed by atoms with Crippen molar-refractivity contribution in [3.63, 3.8) is 0 Å². The van der Waals surface area contributed by atoms with Gasteiger partial charge in [-0.2, -0.15) is 0 Å². The summed E-state index contributed by atoms with van der Waals surface area (Å²) in [5.74, 6) is 0.138. The number of benzene rings is 2. The van der Waals surface area contributed by atoms with Crippen LogP contribution in [0.5, 0.6) is 0 Å². The maximum absolute atomic E-state index is 12.2. The van der Waals surface area contributed by atoms with Crippen LogP contribution >= 0.6 is 0 Å². The second-order valence-electron chi connectivity index (χ2n) is 6.03. The largest absolute Gasteiger partial charge is 0.374 e. The van der Waals surface area contributed by atoms with Crippen LogP contribution in [-0.2, 0) is 22.9 Å². The number of fused-ring (bicyclic) bond motifs is 1. The highest BCUT2D eigenvalue weighted by molar-refractivity contribution is 7.92. The number of anilines is 2. The lowest BCUT2D eigenvalue weighted by molar-refractivity contribution is 0.598. The van der Waals surface area contributed by atoms with Gasteiger partial charge in [0, 0.05) is 25.0 Å². The van der Waals surface area contributed by atoms with Crippen LogP contribution in [-0.4, -0.2) is 27.8 Å². The molecule has 0 aromatic heterocycles. The van der Waals surface area contributed by atoms with Crippen LogP contribution in [0.4, 0.5) is 11.4 Å². The number of likely N-dealkylation sites (N-methyl/N-ethyl adjacent to an activating group) is 1. The van der Waals surface area contributed by atoms with Crippen molar-refractivity contribution in [2.45, 2.75) is 19.3 Å². The van der Waals surface area contributed by atoms with E-state index in [0.29, 0.717) is 12.1 Å². The molecule has 0 radical (unpaired) electrons. The van der Waals surface area contributed by atoms with Crippen molar-refractivity contribution >= 4 is 21.4 Å². The average Bonchev–Trinajstić information content (AvgIpc) is 2.88. The first-order valence-electron chi connectivity index (χ1n) is 7.92. The molecule has 0 spiro atoms. The van der Waals surface area contributed by atoms with Gasteiger partial charge < -0.3 is 4.90 Å². The minimum atomic E-state index is -3.30. The molecule has 1 aliphatic heterocycles. The van der Waals surface area contributed by atoms with Gasteiger partial charge in [-0.15, -0.1) is 0 Å². The highest BCUT2D eigenvalue weighted by atomic mass is 32.2. The Labute approximate surface area is 138 Å². The van der Waals surface area contributed by atoms with E-state index in [-0.39, 0.29) is 5.75 Å². The molecule has 0 saturated carbocycles. The van der Waals surface area contributed by atoms with Gasteiger partial charge in [0.1, 0.15) is 0 Å². The van der Waals surface area contributed by atoms with E-state index in [4.69, 9.17) is 0 Å². The molecule has 4 nitrogen and oxygen atoms in total. The number of nitrogens with zero attached hydrogens (tertiary/aromatic N) is 1. The van der Waals surface area contributed by atoms with E-state index in [2.05, 4.69) is 16.7 Å². The Morgan fingerprint density at radius 2 is 1.91 bits per heavy atom. The zero-order chi connectivity index (χ0) is 16.3. The molecule has 1 heterocycles. The Morgan fingerprint density at radius 1 is 1.13 bits per heavy atom. The van der Waals surface area contributed by atoms with Crippen LogP contribution in [0, 0.1) is 0 Å². The summed E-state index contributed by atoms with van der Waals surface area (Å²) in [7, 11) is -1.24. The molecule has 0 saturated heterocycles. The predicted molar refractivity (Wildman–Crippen MR) is 95.6 cm³/mol. The Morgan fingerprint density at radius 3 is 2.70 bits per heavy atom. The van der Waals surface area contributed by atoms with Crippen LogP contribution in [0.1, 0.15) is 17.5 Å². The Kier molecular flexibility index (Phi) is 4.57. The molecular weight excluding hydrogens is 308 g/mol. The number of hydrogen-bond donors (Lipinski definition) is 1. The number of hydrogen-bond acceptors (Lipinski definition) is 3. The van der Waals surface area contributed by atoms with E-state index >= 15 is 0 Å². The van der Waals surface area contributed by atoms with Crippen LogP contribution in [0.2, 0.25) is 0 Å². The lowest BCUT2D eigenvalue weighted by Crippen LogP contribution is -2.17. The molecule has 0 unspecified atom stereocenters. The normalized spacial score (nSPS) is 13.9. The van der Waals surface area contributed by atoms with Gasteiger partial charge >= 0.3 is 0 Å². The van der Waals surface area contributed by atoms with Crippen molar-refractivity contribution in [3.05, 3.63) is 59.7 Å². The molecule has 0 atom stereocenters. The molecule has 2 aromatic rings. The predicted octanol–water partition coefficient (Wildman–Crippen LogP) is 3.05. The maximum Gasteiger partial charge on any atom is 0.232 e. The number of rotatable bonds is 6. The summed E-state index contributed by atoms with van der Waals surface area (Å²) in [6.45, 7) is 0.989. The molecule has 0 bridgehead atoms. The smallest absolute Gasteiger partial charge is 0.232 e. The Bertz CT molecular complexity index is 773. The molecule has 2 aromatic carbocycles. The third-order valence-electron chi connectivity index (χ3n) is 4.20. The quantitative estimate of drug-likeness (QED) is 0.885. The highest BCUT2D eigenvalue weighted by Crippen LogP contribution is 2.29. The summed E-state index contributed by atoms with van der Waals surface area (Å²) in [5.41, 5.74) is 4.23. The van der Waals surface area contributed by atoms with Crippen molar-refractivity contribution in [3.8, 4) is 0 Å². The second-order valence-corrected chi connectivity index (χ2v) is 7.87. The zero-order valence-corrected chi connectivity index (χ0v) is 14.1. The van der Waals surface area contributed by atoms with E-state index in [1.807, 2.05) is 48.5 Å². The van der Waals surface area contributed by atoms with Crippen LogP contribution in [0.3, 0.4) is 0 Å². The Balaban J connectivity index is 1.58. The molecule has 3 rings (SSSR count). The minimum Gasteiger partial charge on any atom is -0.374 e. The van der Waals surface area contributed by atoms with E-state index in [9.17, 15) is 8.42 Å². The van der Waals surface area contributed by atoms with Crippen molar-refractivity contribution in [2.24, 2.45) is 0 Å². The molecule has 5 heteroatoms. The summed E-state index contributed by atoms with van der Waals surface area (Å²) in [5, 5.41) is 0. The molecule has 0 amide bonds. The van der Waals surface area contributed by atoms with Crippen molar-refractivity contribution < 1.29 is 8.42 Å². The van der Waals surface area contributed by atoms with Crippen LogP contribution in [0.25, 0.3) is 0 Å². The van der Waals surface area contributed by atoms with Crippen molar-refractivity contribution in [1.82, 2.24) is 0 Å². The first kappa shape index (κ1) is 15.9. The Hall–Kier alpha value is -2.01. The van der Waals surface area contributed by atoms with Gasteiger partial charge in [0.25, 0.3) is 0 Å². The molecule has 122 valence electrons. The highest BCUT2D eigenvalue weighted by Gasteiger charge is 2.17. The van der Waals surface area contributed by atoms with E-state index in [1.165, 1.54) is 16.8 Å². The third kappa shape index (κ3) is 4.05. The van der Waals surface area contributed by atoms with Crippen LogP contribution < -0.4 is 9.62 Å². The molecule has 0 fully saturated rings. The lowest BCUT2D eigenvalue weighted by atomic mass is 10.1. The fraction of sp³-hybridized carbons (Fsp3) is 0.333. The van der Waals surface area contributed by atoms with Crippen molar-refractivity contribution in [1.29, 1.82) is 0 Å². The van der Waals surface area contributed by atoms with Gasteiger partial charge in [-0.25, -0.2) is 8.42 Å². The maximum atomic E-state index is 12.2. The summed E-state index contributed by atoms with van der Waals surface area (Å²) in [6.07, 6.45) is 2.36. The molecular formula is C18H22N2O2S. The van der Waals surface area contributed by atoms with Gasteiger partial charge in [0.2, 0.25) is 10.0 Å². The zero-order valence-electron chi connectivity index (χ0n) is 13.3. The summed E-state index contributed by atoms with van der Waals surface area (Å²) >= 11 is 0. The SMILES string of the molecule is CN1CCc2cc(NS(=O)(=O)CCCc3ccccc3)ccc21. The van der Waals surface area contributed by atoms with Gasteiger partial charge in [-0.1, -0.05) is 30.3 Å². The van der Waals surface area contributed by atoms with Crippen molar-refractivity contribution in [2.75, 3.05) is 29.0 Å². The third-order valence-corrected chi connectivity index (χ3v) is 5.57. The summed E-state index contributed by atoms with van der Waals surface area (Å²) < 4.78 is 27.2. The molecule has 23 heavy (non-hydrogen) atoms. The van der Waals surface area contributed by atoms with Crippen LogP contribution in [0.15, 0.2) is 48.5 Å².